The summed E-state index contributed by atoms with van der Waals surface area (Å²) >= 11 is 11.2. The summed E-state index contributed by atoms with van der Waals surface area (Å²) in [6.45, 7) is 0. The molecule has 0 aliphatic heterocycles. The lowest BCUT2D eigenvalue weighted by molar-refractivity contribution is 0.570. The molecule has 2 rings (SSSR count). The topological polar surface area (TPSA) is 38.9 Å². The van der Waals surface area contributed by atoms with Crippen molar-refractivity contribution >= 4 is 50.1 Å². The first-order chi connectivity index (χ1) is 6.66. The lowest BCUT2D eigenvalue weighted by atomic mass is 10.2. The van der Waals surface area contributed by atoms with E-state index in [0.29, 0.717) is 5.89 Å². The van der Waals surface area contributed by atoms with Gasteiger partial charge in [-0.15, -0.1) is 5.10 Å². The monoisotopic (exact) mass is 384 g/mol. The van der Waals surface area contributed by atoms with Gasteiger partial charge in [-0.3, -0.25) is 0 Å². The standard InChI is InChI=1S/C8H3BrClIN2O/c9-6-2-1-4(11)3-5(6)7-12-13-8(10)14-7/h1-3H. The number of benzene rings is 1. The summed E-state index contributed by atoms with van der Waals surface area (Å²) in [6.07, 6.45) is 0. The van der Waals surface area contributed by atoms with Crippen LogP contribution >= 0.6 is 50.1 Å². The Bertz CT molecular complexity index is 474. The average Bonchev–Trinajstić information content (AvgIpc) is 2.56. The highest BCUT2D eigenvalue weighted by atomic mass is 127. The minimum absolute atomic E-state index is 0.0470. The fraction of sp³-hybridized carbons (Fsp3) is 0. The van der Waals surface area contributed by atoms with Gasteiger partial charge in [0.2, 0.25) is 5.89 Å². The van der Waals surface area contributed by atoms with E-state index in [0.717, 1.165) is 13.6 Å². The van der Waals surface area contributed by atoms with Gasteiger partial charge in [-0.25, -0.2) is 0 Å². The molecule has 0 radical (unpaired) electrons. The van der Waals surface area contributed by atoms with E-state index in [2.05, 4.69) is 48.7 Å². The maximum atomic E-state index is 5.54. The largest absolute Gasteiger partial charge is 0.407 e. The van der Waals surface area contributed by atoms with Crippen LogP contribution in [-0.2, 0) is 0 Å². The van der Waals surface area contributed by atoms with Crippen LogP contribution < -0.4 is 0 Å². The Hall–Kier alpha value is -0.140. The van der Waals surface area contributed by atoms with E-state index in [4.69, 9.17) is 16.0 Å². The summed E-state index contributed by atoms with van der Waals surface area (Å²) in [5, 5.41) is 7.44. The molecule has 0 aliphatic rings. The molecule has 1 aromatic carbocycles. The second-order valence-corrected chi connectivity index (χ2v) is 4.91. The SMILES string of the molecule is Clc1nnc(-c2cc(I)ccc2Br)o1. The zero-order chi connectivity index (χ0) is 10.1. The molecule has 0 saturated heterocycles. The van der Waals surface area contributed by atoms with Gasteiger partial charge in [-0.1, -0.05) is 5.10 Å². The third-order valence-corrected chi connectivity index (χ3v) is 3.07. The van der Waals surface area contributed by atoms with Crippen LogP contribution in [0.1, 0.15) is 0 Å². The van der Waals surface area contributed by atoms with Gasteiger partial charge in [0.25, 0.3) is 0 Å². The summed E-state index contributed by atoms with van der Waals surface area (Å²) < 4.78 is 7.11. The van der Waals surface area contributed by atoms with Crippen molar-refractivity contribution in [1.82, 2.24) is 10.2 Å². The molecule has 0 aliphatic carbocycles. The van der Waals surface area contributed by atoms with Crippen LogP contribution in [0.5, 0.6) is 0 Å². The number of hydrogen-bond acceptors (Lipinski definition) is 3. The van der Waals surface area contributed by atoms with E-state index >= 15 is 0 Å². The van der Waals surface area contributed by atoms with Crippen molar-refractivity contribution in [1.29, 1.82) is 0 Å². The Kier molecular flexibility index (Phi) is 3.08. The van der Waals surface area contributed by atoms with Crippen molar-refractivity contribution in [3.8, 4) is 11.5 Å². The molecule has 0 atom stereocenters. The fourth-order valence-corrected chi connectivity index (χ4v) is 1.99. The van der Waals surface area contributed by atoms with E-state index in [1.807, 2.05) is 18.2 Å². The molecule has 1 heterocycles. The molecule has 3 nitrogen and oxygen atoms in total. The maximum absolute atomic E-state index is 5.54. The van der Waals surface area contributed by atoms with Gasteiger partial charge in [0.1, 0.15) is 0 Å². The van der Waals surface area contributed by atoms with Crippen molar-refractivity contribution in [3.63, 3.8) is 0 Å². The second kappa shape index (κ2) is 4.16. The van der Waals surface area contributed by atoms with E-state index in [9.17, 15) is 0 Å². The first kappa shape index (κ1) is 10.4. The highest BCUT2D eigenvalue weighted by molar-refractivity contribution is 14.1. The minimum atomic E-state index is 0.0470. The fourth-order valence-electron chi connectivity index (χ4n) is 0.976. The van der Waals surface area contributed by atoms with Crippen LogP contribution in [0.25, 0.3) is 11.5 Å². The molecule has 2 aromatic rings. The summed E-state index contributed by atoms with van der Waals surface area (Å²) in [6, 6.07) is 5.84. The van der Waals surface area contributed by atoms with Gasteiger partial charge in [0.15, 0.2) is 0 Å². The summed E-state index contributed by atoms with van der Waals surface area (Å²) in [5.41, 5.74) is 0.844. The number of aromatic nitrogens is 2. The van der Waals surface area contributed by atoms with Crippen LogP contribution in [0, 0.1) is 3.57 Å². The molecular formula is C8H3BrClIN2O. The van der Waals surface area contributed by atoms with E-state index in [-0.39, 0.29) is 5.35 Å². The van der Waals surface area contributed by atoms with Gasteiger partial charge in [0, 0.05) is 8.04 Å². The van der Waals surface area contributed by atoms with Crippen LogP contribution in [0.3, 0.4) is 0 Å². The molecule has 0 bridgehead atoms. The van der Waals surface area contributed by atoms with Crippen LogP contribution in [0.4, 0.5) is 0 Å². The quantitative estimate of drug-likeness (QED) is 0.702. The van der Waals surface area contributed by atoms with Crippen molar-refractivity contribution in [2.45, 2.75) is 0 Å². The summed E-state index contributed by atoms with van der Waals surface area (Å²) in [7, 11) is 0. The van der Waals surface area contributed by atoms with Crippen LogP contribution in [-0.4, -0.2) is 10.2 Å². The first-order valence-electron chi connectivity index (χ1n) is 3.61. The molecule has 0 spiro atoms. The number of rotatable bonds is 1. The Morgan fingerprint density at radius 3 is 2.79 bits per heavy atom. The van der Waals surface area contributed by atoms with Crippen LogP contribution in [0.2, 0.25) is 5.35 Å². The molecule has 0 N–H and O–H groups in total. The number of hydrogen-bond donors (Lipinski definition) is 0. The predicted octanol–water partition coefficient (Wildman–Crippen LogP) is 3.76. The minimum Gasteiger partial charge on any atom is -0.407 e. The maximum Gasteiger partial charge on any atom is 0.313 e. The van der Waals surface area contributed by atoms with E-state index in [1.54, 1.807) is 0 Å². The van der Waals surface area contributed by atoms with Crippen molar-refractivity contribution < 1.29 is 4.42 Å². The zero-order valence-electron chi connectivity index (χ0n) is 6.67. The molecule has 0 unspecified atom stereocenters. The van der Waals surface area contributed by atoms with Crippen molar-refractivity contribution in [3.05, 3.63) is 31.6 Å². The Labute approximate surface area is 107 Å². The van der Waals surface area contributed by atoms with Gasteiger partial charge in [-0.2, -0.15) is 0 Å². The molecular weight excluding hydrogens is 382 g/mol. The second-order valence-electron chi connectivity index (χ2n) is 2.48. The van der Waals surface area contributed by atoms with Crippen molar-refractivity contribution in [2.75, 3.05) is 0 Å². The normalized spacial score (nSPS) is 10.5. The zero-order valence-corrected chi connectivity index (χ0v) is 11.2. The third-order valence-electron chi connectivity index (χ3n) is 1.56. The third kappa shape index (κ3) is 2.09. The highest BCUT2D eigenvalue weighted by Gasteiger charge is 2.10. The Balaban J connectivity index is 2.55. The van der Waals surface area contributed by atoms with Gasteiger partial charge in [0.05, 0.1) is 5.56 Å². The van der Waals surface area contributed by atoms with Gasteiger partial charge >= 0.3 is 5.35 Å². The molecule has 0 saturated carbocycles. The molecule has 6 heteroatoms. The lowest BCUT2D eigenvalue weighted by Crippen LogP contribution is -1.81. The Morgan fingerprint density at radius 2 is 2.14 bits per heavy atom. The number of nitrogens with zero attached hydrogens (tertiary/aromatic N) is 2. The highest BCUT2D eigenvalue weighted by Crippen LogP contribution is 2.29. The predicted molar refractivity (Wildman–Crippen MR) is 65.2 cm³/mol. The van der Waals surface area contributed by atoms with Crippen LogP contribution in [0.15, 0.2) is 27.1 Å². The summed E-state index contributed by atoms with van der Waals surface area (Å²) in [5.74, 6) is 0.417. The molecule has 1 aromatic heterocycles. The molecule has 14 heavy (non-hydrogen) atoms. The Morgan fingerprint density at radius 1 is 1.36 bits per heavy atom. The summed E-state index contributed by atoms with van der Waals surface area (Å²) in [4.78, 5) is 0. The first-order valence-corrected chi connectivity index (χ1v) is 5.86. The average molecular weight is 385 g/mol. The van der Waals surface area contributed by atoms with E-state index in [1.165, 1.54) is 0 Å². The lowest BCUT2D eigenvalue weighted by Gasteiger charge is -1.98. The smallest absolute Gasteiger partial charge is 0.313 e. The molecule has 0 fully saturated rings. The molecule has 0 amide bonds. The van der Waals surface area contributed by atoms with Gasteiger partial charge < -0.3 is 4.42 Å². The number of halogens is 3. The van der Waals surface area contributed by atoms with E-state index < -0.39 is 0 Å². The van der Waals surface area contributed by atoms with Gasteiger partial charge in [-0.05, 0) is 68.3 Å². The molecule has 72 valence electrons. The van der Waals surface area contributed by atoms with Crippen molar-refractivity contribution in [2.24, 2.45) is 0 Å².